The number of hydrogen-bond donors (Lipinski definition) is 0. The molecule has 0 atom stereocenters. The van der Waals surface area contributed by atoms with E-state index in [4.69, 9.17) is 0 Å². The molecule has 1 aliphatic rings. The molecular formula is C12H15IN2S. The van der Waals surface area contributed by atoms with Crippen molar-refractivity contribution in [1.82, 2.24) is 4.90 Å². The lowest BCUT2D eigenvalue weighted by Gasteiger charge is -2.08. The van der Waals surface area contributed by atoms with Crippen molar-refractivity contribution in [3.05, 3.63) is 46.7 Å². The average Bonchev–Trinajstić information content (AvgIpc) is 2.65. The number of thioether (sulfide) groups is 1. The molecular weight excluding hydrogens is 331 g/mol. The van der Waals surface area contributed by atoms with Gasteiger partial charge in [-0.3, -0.25) is 0 Å². The van der Waals surface area contributed by atoms with Crippen molar-refractivity contribution in [1.29, 1.82) is 0 Å². The summed E-state index contributed by atoms with van der Waals surface area (Å²) in [6, 6.07) is 6.28. The number of aryl methyl sites for hydroxylation is 1. The molecule has 1 aromatic rings. The molecule has 0 N–H and O–H groups in total. The van der Waals surface area contributed by atoms with E-state index in [1.54, 1.807) is 11.8 Å². The second-order valence-corrected chi connectivity index (χ2v) is 4.33. The highest BCUT2D eigenvalue weighted by atomic mass is 127. The second kappa shape index (κ2) is 6.30. The van der Waals surface area contributed by atoms with Crippen LogP contribution in [0.3, 0.4) is 0 Å². The van der Waals surface area contributed by atoms with Crippen LogP contribution in [0.15, 0.2) is 41.0 Å². The fourth-order valence-electron chi connectivity index (χ4n) is 1.52. The van der Waals surface area contributed by atoms with E-state index in [0.717, 1.165) is 6.54 Å². The zero-order valence-electron chi connectivity index (χ0n) is 9.43. The molecule has 0 aliphatic carbocycles. The lowest BCUT2D eigenvalue weighted by molar-refractivity contribution is -0.695. The molecule has 4 heteroatoms. The molecule has 1 aliphatic heterocycles. The van der Waals surface area contributed by atoms with Crippen LogP contribution < -0.4 is 28.5 Å². The molecule has 2 heterocycles. The van der Waals surface area contributed by atoms with Crippen LogP contribution in [0.5, 0.6) is 0 Å². The summed E-state index contributed by atoms with van der Waals surface area (Å²) in [5.74, 6) is 0. The minimum atomic E-state index is 0. The summed E-state index contributed by atoms with van der Waals surface area (Å²) in [6.07, 6.45) is 6.41. The Balaban J connectivity index is 0.00000128. The van der Waals surface area contributed by atoms with Crippen LogP contribution in [-0.2, 0) is 6.54 Å². The summed E-state index contributed by atoms with van der Waals surface area (Å²) in [5.41, 5.74) is 1.25. The molecule has 0 radical (unpaired) electrons. The number of nitrogens with zero attached hydrogens (tertiary/aromatic N) is 2. The zero-order valence-corrected chi connectivity index (χ0v) is 12.4. The minimum Gasteiger partial charge on any atom is -1.00 e. The Bertz CT molecular complexity index is 415. The van der Waals surface area contributed by atoms with Crippen LogP contribution in [-0.4, -0.2) is 11.9 Å². The predicted molar refractivity (Wildman–Crippen MR) is 64.8 cm³/mol. The smallest absolute Gasteiger partial charge is 0.207 e. The first-order valence-corrected chi connectivity index (χ1v) is 5.95. The first kappa shape index (κ1) is 13.6. The van der Waals surface area contributed by atoms with Gasteiger partial charge in [0.25, 0.3) is 0 Å². The average molecular weight is 346 g/mol. The van der Waals surface area contributed by atoms with Gasteiger partial charge in [-0.2, -0.15) is 4.57 Å². The van der Waals surface area contributed by atoms with Gasteiger partial charge in [-0.25, -0.2) is 0 Å². The van der Waals surface area contributed by atoms with E-state index in [0.29, 0.717) is 0 Å². The van der Waals surface area contributed by atoms with Gasteiger partial charge in [-0.1, -0.05) is 11.8 Å². The molecule has 0 amide bonds. The number of aromatic nitrogens is 1. The fraction of sp³-hybridized carbons (Fsp3) is 0.250. The van der Waals surface area contributed by atoms with Crippen molar-refractivity contribution in [3.8, 4) is 0 Å². The minimum absolute atomic E-state index is 0. The molecule has 0 spiro atoms. The van der Waals surface area contributed by atoms with Crippen molar-refractivity contribution < 1.29 is 28.5 Å². The van der Waals surface area contributed by atoms with Gasteiger partial charge >= 0.3 is 0 Å². The first-order chi connectivity index (χ1) is 7.31. The first-order valence-electron chi connectivity index (χ1n) is 5.07. The molecule has 2 nitrogen and oxygen atoms in total. The number of rotatable bonds is 2. The highest BCUT2D eigenvalue weighted by Gasteiger charge is 2.11. The van der Waals surface area contributed by atoms with Crippen LogP contribution in [0.1, 0.15) is 12.6 Å². The summed E-state index contributed by atoms with van der Waals surface area (Å²) in [4.78, 5) is 2.14. The Morgan fingerprint density at radius 1 is 1.44 bits per heavy atom. The monoisotopic (exact) mass is 346 g/mol. The van der Waals surface area contributed by atoms with Gasteiger partial charge in [-0.05, 0) is 18.4 Å². The van der Waals surface area contributed by atoms with Crippen LogP contribution >= 0.6 is 11.8 Å². The second-order valence-electron chi connectivity index (χ2n) is 3.41. The Morgan fingerprint density at radius 2 is 2.25 bits per heavy atom. The zero-order chi connectivity index (χ0) is 10.7. The van der Waals surface area contributed by atoms with E-state index in [-0.39, 0.29) is 24.0 Å². The molecule has 0 saturated carbocycles. The Labute approximate surface area is 118 Å². The third kappa shape index (κ3) is 3.01. The van der Waals surface area contributed by atoms with Gasteiger partial charge in [0.2, 0.25) is 5.69 Å². The standard InChI is InChI=1S/C12H15N2S.HI/c1-3-14-7-5-4-6-11(14)10-12-13(2)8-9-15-12;/h4-10H,3H2,1-2H3;1H/q+1;/p-1. The van der Waals surface area contributed by atoms with Crippen molar-refractivity contribution in [2.45, 2.75) is 13.5 Å². The van der Waals surface area contributed by atoms with E-state index in [2.05, 4.69) is 65.5 Å². The Hall–Kier alpha value is -0.490. The third-order valence-electron chi connectivity index (χ3n) is 2.41. The number of pyridine rings is 1. The number of hydrogen-bond acceptors (Lipinski definition) is 2. The van der Waals surface area contributed by atoms with Gasteiger partial charge < -0.3 is 28.9 Å². The molecule has 86 valence electrons. The molecule has 0 unspecified atom stereocenters. The largest absolute Gasteiger partial charge is 1.00 e. The highest BCUT2D eigenvalue weighted by molar-refractivity contribution is 8.06. The van der Waals surface area contributed by atoms with E-state index in [1.807, 2.05) is 0 Å². The highest BCUT2D eigenvalue weighted by Crippen LogP contribution is 2.28. The maximum atomic E-state index is 2.24. The van der Waals surface area contributed by atoms with Crippen molar-refractivity contribution in [2.75, 3.05) is 7.05 Å². The van der Waals surface area contributed by atoms with E-state index < -0.39 is 0 Å². The molecule has 1 aromatic heterocycles. The Kier molecular flexibility index (Phi) is 5.34. The topological polar surface area (TPSA) is 7.12 Å². The van der Waals surface area contributed by atoms with Crippen molar-refractivity contribution in [2.24, 2.45) is 0 Å². The van der Waals surface area contributed by atoms with Gasteiger partial charge in [0.1, 0.15) is 6.54 Å². The van der Waals surface area contributed by atoms with Gasteiger partial charge in [-0.15, -0.1) is 0 Å². The van der Waals surface area contributed by atoms with Crippen LogP contribution in [0.4, 0.5) is 0 Å². The van der Waals surface area contributed by atoms with Crippen molar-refractivity contribution in [3.63, 3.8) is 0 Å². The van der Waals surface area contributed by atoms with E-state index in [9.17, 15) is 0 Å². The molecule has 16 heavy (non-hydrogen) atoms. The molecule has 0 aromatic carbocycles. The maximum absolute atomic E-state index is 2.24. The lowest BCUT2D eigenvalue weighted by Crippen LogP contribution is -3.00. The molecule has 0 saturated heterocycles. The van der Waals surface area contributed by atoms with Crippen molar-refractivity contribution >= 4 is 17.8 Å². The predicted octanol–water partition coefficient (Wildman–Crippen LogP) is -0.554. The maximum Gasteiger partial charge on any atom is 0.207 e. The lowest BCUT2D eigenvalue weighted by atomic mass is 10.3. The van der Waals surface area contributed by atoms with Gasteiger partial charge in [0.15, 0.2) is 6.20 Å². The fourth-order valence-corrected chi connectivity index (χ4v) is 2.32. The number of halogens is 1. The van der Waals surface area contributed by atoms with Crippen LogP contribution in [0.25, 0.3) is 6.08 Å². The quantitative estimate of drug-likeness (QED) is 0.524. The summed E-state index contributed by atoms with van der Waals surface area (Å²) in [6.45, 7) is 3.16. The summed E-state index contributed by atoms with van der Waals surface area (Å²) in [7, 11) is 2.07. The summed E-state index contributed by atoms with van der Waals surface area (Å²) in [5, 5.41) is 3.37. The van der Waals surface area contributed by atoms with Gasteiger partial charge in [0.05, 0.1) is 5.03 Å². The Morgan fingerprint density at radius 3 is 2.88 bits per heavy atom. The molecule has 0 bridgehead atoms. The summed E-state index contributed by atoms with van der Waals surface area (Å²) < 4.78 is 2.24. The summed E-state index contributed by atoms with van der Waals surface area (Å²) >= 11 is 1.76. The third-order valence-corrected chi connectivity index (χ3v) is 3.31. The molecule has 0 fully saturated rings. The molecule has 2 rings (SSSR count). The normalized spacial score (nSPS) is 16.6. The van der Waals surface area contributed by atoms with E-state index >= 15 is 0 Å². The van der Waals surface area contributed by atoms with Crippen LogP contribution in [0.2, 0.25) is 0 Å². The van der Waals surface area contributed by atoms with E-state index in [1.165, 1.54) is 10.7 Å². The van der Waals surface area contributed by atoms with Gasteiger partial charge in [0, 0.05) is 31.5 Å². The van der Waals surface area contributed by atoms with Crippen LogP contribution in [0, 0.1) is 0 Å². The SMILES string of the molecule is CC[n+]1ccccc1/C=C1\SC=CN1C.[I-].